The first kappa shape index (κ1) is 13.5. The molecule has 3 rings (SSSR count). The average Bonchev–Trinajstić information content (AvgIpc) is 2.51. The molecule has 20 heavy (non-hydrogen) atoms. The fourth-order valence-electron chi connectivity index (χ4n) is 3.53. The highest BCUT2D eigenvalue weighted by Crippen LogP contribution is 2.40. The number of carbonyl (C=O) groups is 2. The Balaban J connectivity index is 2.08. The maximum atomic E-state index is 12.6. The number of hydrogen-bond acceptors (Lipinski definition) is 4. The molecule has 1 aromatic rings. The van der Waals surface area contributed by atoms with Gasteiger partial charge in [0, 0.05) is 11.1 Å². The fraction of sp³-hybridized carbons (Fsp3) is 0.500. The van der Waals surface area contributed by atoms with Crippen molar-refractivity contribution >= 4 is 11.6 Å². The van der Waals surface area contributed by atoms with Gasteiger partial charge in [-0.05, 0) is 18.8 Å². The molecule has 0 heterocycles. The predicted molar refractivity (Wildman–Crippen MR) is 72.6 cm³/mol. The standard InChI is InChI=1S/C16H18O4/c17-13-11-8-4-5-9-12(11)14(18)16(20,15(13)19)10-6-2-1-3-7-10/h4-5,8-10,15,19-20H,1-3,6-7H2/t15-,16+/m0/s1. The Morgan fingerprint density at radius 3 is 2.25 bits per heavy atom. The van der Waals surface area contributed by atoms with Crippen LogP contribution < -0.4 is 0 Å². The quantitative estimate of drug-likeness (QED) is 0.818. The van der Waals surface area contributed by atoms with Crippen molar-refractivity contribution in [3.05, 3.63) is 35.4 Å². The third-order valence-electron chi connectivity index (χ3n) is 4.69. The van der Waals surface area contributed by atoms with Gasteiger partial charge in [0.1, 0.15) is 0 Å². The summed E-state index contributed by atoms with van der Waals surface area (Å²) >= 11 is 0. The van der Waals surface area contributed by atoms with Gasteiger partial charge in [-0.2, -0.15) is 0 Å². The lowest BCUT2D eigenvalue weighted by Gasteiger charge is -2.42. The smallest absolute Gasteiger partial charge is 0.198 e. The zero-order chi connectivity index (χ0) is 14.3. The summed E-state index contributed by atoms with van der Waals surface area (Å²) in [5.41, 5.74) is -1.51. The molecule has 0 amide bonds. The van der Waals surface area contributed by atoms with Crippen LogP contribution in [0.2, 0.25) is 0 Å². The molecule has 2 atom stereocenters. The Morgan fingerprint density at radius 1 is 1.00 bits per heavy atom. The number of hydrogen-bond donors (Lipinski definition) is 2. The highest BCUT2D eigenvalue weighted by atomic mass is 16.4. The average molecular weight is 274 g/mol. The van der Waals surface area contributed by atoms with E-state index >= 15 is 0 Å². The third kappa shape index (κ3) is 1.75. The first-order valence-corrected chi connectivity index (χ1v) is 7.15. The third-order valence-corrected chi connectivity index (χ3v) is 4.69. The van der Waals surface area contributed by atoms with Crippen LogP contribution in [0.4, 0.5) is 0 Å². The van der Waals surface area contributed by atoms with Crippen LogP contribution in [0, 0.1) is 5.92 Å². The lowest BCUT2D eigenvalue weighted by Crippen LogP contribution is -2.61. The molecule has 1 aromatic carbocycles. The van der Waals surface area contributed by atoms with Gasteiger partial charge in [-0.15, -0.1) is 0 Å². The van der Waals surface area contributed by atoms with E-state index < -0.39 is 23.3 Å². The molecule has 0 radical (unpaired) electrons. The van der Waals surface area contributed by atoms with Gasteiger partial charge in [-0.3, -0.25) is 9.59 Å². The van der Waals surface area contributed by atoms with Crippen molar-refractivity contribution < 1.29 is 19.8 Å². The Bertz CT molecular complexity index is 559. The van der Waals surface area contributed by atoms with E-state index in [4.69, 9.17) is 0 Å². The second-order valence-corrected chi connectivity index (χ2v) is 5.80. The molecule has 0 spiro atoms. The fourth-order valence-corrected chi connectivity index (χ4v) is 3.53. The van der Waals surface area contributed by atoms with E-state index in [0.717, 1.165) is 19.3 Å². The van der Waals surface area contributed by atoms with Gasteiger partial charge in [-0.1, -0.05) is 43.5 Å². The molecule has 0 saturated heterocycles. The van der Waals surface area contributed by atoms with Crippen molar-refractivity contribution in [2.75, 3.05) is 0 Å². The maximum Gasteiger partial charge on any atom is 0.198 e. The number of aliphatic hydroxyl groups is 2. The largest absolute Gasteiger partial charge is 0.381 e. The minimum Gasteiger partial charge on any atom is -0.381 e. The van der Waals surface area contributed by atoms with Gasteiger partial charge in [0.15, 0.2) is 23.3 Å². The first-order chi connectivity index (χ1) is 9.56. The molecule has 0 aromatic heterocycles. The Kier molecular flexibility index (Phi) is 3.22. The molecule has 1 fully saturated rings. The molecule has 0 aliphatic heterocycles. The molecular formula is C16H18O4. The van der Waals surface area contributed by atoms with E-state index in [1.54, 1.807) is 18.2 Å². The van der Waals surface area contributed by atoms with E-state index in [0.29, 0.717) is 12.8 Å². The predicted octanol–water partition coefficient (Wildman–Crippen LogP) is 1.74. The van der Waals surface area contributed by atoms with Crippen LogP contribution in [-0.4, -0.2) is 33.5 Å². The normalized spacial score (nSPS) is 31.2. The molecule has 1 saturated carbocycles. The minimum atomic E-state index is -1.95. The molecule has 106 valence electrons. The first-order valence-electron chi connectivity index (χ1n) is 7.15. The van der Waals surface area contributed by atoms with Gasteiger partial charge in [0.2, 0.25) is 0 Å². The molecule has 2 aliphatic carbocycles. The number of aliphatic hydroxyl groups excluding tert-OH is 1. The molecule has 2 N–H and O–H groups in total. The van der Waals surface area contributed by atoms with Crippen LogP contribution >= 0.6 is 0 Å². The zero-order valence-corrected chi connectivity index (χ0v) is 11.2. The highest BCUT2D eigenvalue weighted by Gasteiger charge is 2.56. The van der Waals surface area contributed by atoms with Crippen LogP contribution in [-0.2, 0) is 0 Å². The Morgan fingerprint density at radius 2 is 1.60 bits per heavy atom. The molecule has 2 aliphatic rings. The summed E-state index contributed by atoms with van der Waals surface area (Å²) < 4.78 is 0. The van der Waals surface area contributed by atoms with Crippen LogP contribution in [0.5, 0.6) is 0 Å². The molecular weight excluding hydrogens is 256 g/mol. The Hall–Kier alpha value is -1.52. The number of Topliss-reactive ketones (excluding diaryl/α,β-unsaturated/α-hetero) is 2. The van der Waals surface area contributed by atoms with E-state index in [9.17, 15) is 19.8 Å². The second kappa shape index (κ2) is 4.79. The van der Waals surface area contributed by atoms with E-state index in [1.807, 2.05) is 0 Å². The number of benzene rings is 1. The van der Waals surface area contributed by atoms with Crippen molar-refractivity contribution in [3.8, 4) is 0 Å². The Labute approximate surface area is 117 Å². The van der Waals surface area contributed by atoms with Crippen molar-refractivity contribution in [2.45, 2.75) is 43.8 Å². The summed E-state index contributed by atoms with van der Waals surface area (Å²) in [5, 5.41) is 21.1. The van der Waals surface area contributed by atoms with Crippen LogP contribution in [0.1, 0.15) is 52.8 Å². The minimum absolute atomic E-state index is 0.213. The van der Waals surface area contributed by atoms with Gasteiger partial charge in [0.05, 0.1) is 0 Å². The van der Waals surface area contributed by atoms with Crippen LogP contribution in [0.25, 0.3) is 0 Å². The molecule has 0 bridgehead atoms. The van der Waals surface area contributed by atoms with Crippen molar-refractivity contribution in [3.63, 3.8) is 0 Å². The summed E-state index contributed by atoms with van der Waals surface area (Å²) in [5.74, 6) is -1.39. The number of carbonyl (C=O) groups excluding carboxylic acids is 2. The van der Waals surface area contributed by atoms with Gasteiger partial charge >= 0.3 is 0 Å². The summed E-state index contributed by atoms with van der Waals surface area (Å²) in [6.45, 7) is 0. The lowest BCUT2D eigenvalue weighted by atomic mass is 9.66. The van der Waals surface area contributed by atoms with Crippen molar-refractivity contribution in [1.29, 1.82) is 0 Å². The van der Waals surface area contributed by atoms with Gasteiger partial charge in [-0.25, -0.2) is 0 Å². The second-order valence-electron chi connectivity index (χ2n) is 5.80. The monoisotopic (exact) mass is 274 g/mol. The zero-order valence-electron chi connectivity index (χ0n) is 11.2. The summed E-state index contributed by atoms with van der Waals surface area (Å²) in [6.07, 6.45) is 2.62. The van der Waals surface area contributed by atoms with E-state index in [2.05, 4.69) is 0 Å². The molecule has 4 heteroatoms. The number of fused-ring (bicyclic) bond motifs is 1. The summed E-state index contributed by atoms with van der Waals surface area (Å²) in [6, 6.07) is 6.40. The lowest BCUT2D eigenvalue weighted by molar-refractivity contribution is -0.0803. The SMILES string of the molecule is O=C1c2ccccc2C(=O)[C@](O)(C2CCCCC2)[C@H]1O. The van der Waals surface area contributed by atoms with Crippen molar-refractivity contribution in [1.82, 2.24) is 0 Å². The number of rotatable bonds is 1. The summed E-state index contributed by atoms with van der Waals surface area (Å²) in [4.78, 5) is 24.9. The van der Waals surface area contributed by atoms with E-state index in [1.165, 1.54) is 6.07 Å². The van der Waals surface area contributed by atoms with Crippen molar-refractivity contribution in [2.24, 2.45) is 5.92 Å². The molecule has 4 nitrogen and oxygen atoms in total. The van der Waals surface area contributed by atoms with Crippen LogP contribution in [0.15, 0.2) is 24.3 Å². The van der Waals surface area contributed by atoms with Crippen LogP contribution in [0.3, 0.4) is 0 Å². The summed E-state index contributed by atoms with van der Waals surface area (Å²) in [7, 11) is 0. The maximum absolute atomic E-state index is 12.6. The topological polar surface area (TPSA) is 74.6 Å². The number of ketones is 2. The molecule has 0 unspecified atom stereocenters. The van der Waals surface area contributed by atoms with Gasteiger partial charge in [0.25, 0.3) is 0 Å². The van der Waals surface area contributed by atoms with Gasteiger partial charge < -0.3 is 10.2 Å². The van der Waals surface area contributed by atoms with E-state index in [-0.39, 0.29) is 17.0 Å². The highest BCUT2D eigenvalue weighted by molar-refractivity contribution is 6.20.